The number of hydrogen-bond acceptors (Lipinski definition) is 7. The summed E-state index contributed by atoms with van der Waals surface area (Å²) in [7, 11) is 3.24. The molecular weight excluding hydrogens is 418 g/mol. The quantitative estimate of drug-likeness (QED) is 0.376. The van der Waals surface area contributed by atoms with Gasteiger partial charge in [-0.25, -0.2) is 9.97 Å². The smallest absolute Gasteiger partial charge is 0.218 e. The third-order valence-electron chi connectivity index (χ3n) is 5.53. The number of nitrogens with zero attached hydrogens (tertiary/aromatic N) is 4. The Morgan fingerprint density at radius 2 is 1.64 bits per heavy atom. The van der Waals surface area contributed by atoms with Crippen LogP contribution in [0.4, 0.5) is 11.5 Å². The van der Waals surface area contributed by atoms with Gasteiger partial charge < -0.3 is 19.3 Å². The van der Waals surface area contributed by atoms with Gasteiger partial charge in [-0.1, -0.05) is 29.4 Å². The van der Waals surface area contributed by atoms with E-state index in [4.69, 9.17) is 19.0 Å². The Hall–Kier alpha value is -4.33. The molecule has 8 nitrogen and oxygen atoms in total. The molecule has 0 aliphatic carbocycles. The van der Waals surface area contributed by atoms with Crippen LogP contribution in [0, 0.1) is 13.8 Å². The van der Waals surface area contributed by atoms with Gasteiger partial charge in [0.15, 0.2) is 0 Å². The number of benzene rings is 2. The van der Waals surface area contributed by atoms with Crippen molar-refractivity contribution in [2.75, 3.05) is 19.5 Å². The molecule has 0 radical (unpaired) electrons. The summed E-state index contributed by atoms with van der Waals surface area (Å²) in [4.78, 5) is 9.23. The standard InChI is InChI=1S/C25H23N5O3/c1-15-23(16(2)33-29-15)17-5-7-18(8-6-17)24-25(27-19-9-11-20(31-3)12-10-19)30-14-26-22(32-4)13-21(30)28-24/h5-14,27H,1-4H3. The number of ether oxygens (including phenoxy) is 2. The number of aryl methyl sites for hydroxylation is 2. The zero-order valence-electron chi connectivity index (χ0n) is 18.8. The van der Waals surface area contributed by atoms with Crippen LogP contribution in [0.15, 0.2) is 65.4 Å². The number of nitrogens with one attached hydrogen (secondary N) is 1. The first kappa shape index (κ1) is 20.6. The second-order valence-electron chi connectivity index (χ2n) is 7.60. The third kappa shape index (κ3) is 3.76. The zero-order chi connectivity index (χ0) is 22.9. The Morgan fingerprint density at radius 1 is 0.909 bits per heavy atom. The summed E-state index contributed by atoms with van der Waals surface area (Å²) in [6.07, 6.45) is 1.70. The molecule has 5 aromatic rings. The van der Waals surface area contributed by atoms with Crippen molar-refractivity contribution in [1.29, 1.82) is 0 Å². The fraction of sp³-hybridized carbons (Fsp3) is 0.160. The Bertz CT molecular complexity index is 1400. The lowest BCUT2D eigenvalue weighted by Crippen LogP contribution is -1.98. The van der Waals surface area contributed by atoms with Gasteiger partial charge in [0.1, 0.15) is 35.0 Å². The minimum absolute atomic E-state index is 0.504. The maximum Gasteiger partial charge on any atom is 0.218 e. The highest BCUT2D eigenvalue weighted by Gasteiger charge is 2.17. The van der Waals surface area contributed by atoms with Crippen molar-refractivity contribution in [2.45, 2.75) is 13.8 Å². The summed E-state index contributed by atoms with van der Waals surface area (Å²) < 4.78 is 17.8. The van der Waals surface area contributed by atoms with Crippen LogP contribution in [0.5, 0.6) is 11.6 Å². The molecule has 0 saturated carbocycles. The van der Waals surface area contributed by atoms with Gasteiger partial charge in [0.2, 0.25) is 5.88 Å². The first-order valence-corrected chi connectivity index (χ1v) is 10.4. The second-order valence-corrected chi connectivity index (χ2v) is 7.60. The van der Waals surface area contributed by atoms with Crippen molar-refractivity contribution in [2.24, 2.45) is 0 Å². The third-order valence-corrected chi connectivity index (χ3v) is 5.53. The number of imidazole rings is 1. The summed E-state index contributed by atoms with van der Waals surface area (Å²) in [5.74, 6) is 2.90. The minimum Gasteiger partial charge on any atom is -0.497 e. The topological polar surface area (TPSA) is 86.7 Å². The highest BCUT2D eigenvalue weighted by Crippen LogP contribution is 2.34. The van der Waals surface area contributed by atoms with Crippen LogP contribution >= 0.6 is 0 Å². The Labute approximate surface area is 190 Å². The predicted molar refractivity (Wildman–Crippen MR) is 126 cm³/mol. The molecule has 0 aliphatic heterocycles. The van der Waals surface area contributed by atoms with Crippen molar-refractivity contribution in [3.63, 3.8) is 0 Å². The second kappa shape index (κ2) is 8.31. The molecule has 0 bridgehead atoms. The molecule has 0 amide bonds. The largest absolute Gasteiger partial charge is 0.497 e. The fourth-order valence-corrected chi connectivity index (χ4v) is 3.86. The lowest BCUT2D eigenvalue weighted by Gasteiger charge is -2.10. The van der Waals surface area contributed by atoms with E-state index in [2.05, 4.69) is 27.6 Å². The van der Waals surface area contributed by atoms with Gasteiger partial charge in [-0.15, -0.1) is 0 Å². The van der Waals surface area contributed by atoms with Gasteiger partial charge in [0, 0.05) is 22.9 Å². The van der Waals surface area contributed by atoms with E-state index in [1.54, 1.807) is 26.6 Å². The molecule has 5 rings (SSSR count). The van der Waals surface area contributed by atoms with E-state index in [1.165, 1.54) is 0 Å². The summed E-state index contributed by atoms with van der Waals surface area (Å²) in [5, 5.41) is 7.55. The van der Waals surface area contributed by atoms with Crippen molar-refractivity contribution >= 4 is 17.2 Å². The molecule has 3 heterocycles. The van der Waals surface area contributed by atoms with Gasteiger partial charge >= 0.3 is 0 Å². The monoisotopic (exact) mass is 441 g/mol. The average molecular weight is 441 g/mol. The van der Waals surface area contributed by atoms with Crippen molar-refractivity contribution in [1.82, 2.24) is 19.5 Å². The SMILES string of the molecule is COc1ccc(Nc2c(-c3ccc(-c4c(C)noc4C)cc3)nc3cc(OC)ncn23)cc1. The number of anilines is 2. The Kier molecular flexibility index (Phi) is 5.18. The summed E-state index contributed by atoms with van der Waals surface area (Å²) >= 11 is 0. The minimum atomic E-state index is 0.504. The number of rotatable bonds is 6. The molecule has 1 N–H and O–H groups in total. The van der Waals surface area contributed by atoms with Crippen LogP contribution in [-0.4, -0.2) is 33.7 Å². The fourth-order valence-electron chi connectivity index (χ4n) is 3.86. The van der Waals surface area contributed by atoms with Crippen LogP contribution in [-0.2, 0) is 0 Å². The van der Waals surface area contributed by atoms with E-state index in [0.29, 0.717) is 5.88 Å². The average Bonchev–Trinajstić information content (AvgIpc) is 3.38. The van der Waals surface area contributed by atoms with Crippen LogP contribution in [0.1, 0.15) is 11.5 Å². The summed E-state index contributed by atoms with van der Waals surface area (Å²) in [6.45, 7) is 3.86. The summed E-state index contributed by atoms with van der Waals surface area (Å²) in [6, 6.07) is 17.7. The van der Waals surface area contributed by atoms with Gasteiger partial charge in [0.25, 0.3) is 0 Å². The predicted octanol–water partition coefficient (Wildman–Crippen LogP) is 5.43. The molecule has 0 atom stereocenters. The zero-order valence-corrected chi connectivity index (χ0v) is 18.8. The number of fused-ring (bicyclic) bond motifs is 1. The highest BCUT2D eigenvalue weighted by atomic mass is 16.5. The molecule has 0 saturated heterocycles. The number of hydrogen-bond donors (Lipinski definition) is 1. The molecule has 8 heteroatoms. The molecule has 0 aliphatic rings. The Morgan fingerprint density at radius 3 is 2.27 bits per heavy atom. The van der Waals surface area contributed by atoms with Gasteiger partial charge in [0.05, 0.1) is 19.9 Å². The normalized spacial score (nSPS) is 11.0. The van der Waals surface area contributed by atoms with Crippen LogP contribution < -0.4 is 14.8 Å². The van der Waals surface area contributed by atoms with Crippen LogP contribution in [0.3, 0.4) is 0 Å². The molecule has 2 aromatic carbocycles. The molecule has 166 valence electrons. The first-order chi connectivity index (χ1) is 16.1. The van der Waals surface area contributed by atoms with Crippen LogP contribution in [0.25, 0.3) is 28.0 Å². The summed E-state index contributed by atoms with van der Waals surface area (Å²) in [5.41, 5.74) is 6.32. The lowest BCUT2D eigenvalue weighted by atomic mass is 10.0. The van der Waals surface area contributed by atoms with Gasteiger partial charge in [-0.2, -0.15) is 0 Å². The molecule has 33 heavy (non-hydrogen) atoms. The van der Waals surface area contributed by atoms with E-state index >= 15 is 0 Å². The number of aromatic nitrogens is 4. The van der Waals surface area contributed by atoms with Gasteiger partial charge in [-0.3, -0.25) is 4.40 Å². The highest BCUT2D eigenvalue weighted by molar-refractivity contribution is 5.81. The molecule has 3 aromatic heterocycles. The van der Waals surface area contributed by atoms with E-state index in [0.717, 1.165) is 56.7 Å². The van der Waals surface area contributed by atoms with E-state index < -0.39 is 0 Å². The molecule has 0 unspecified atom stereocenters. The molecule has 0 fully saturated rings. The van der Waals surface area contributed by atoms with Gasteiger partial charge in [-0.05, 0) is 43.7 Å². The number of methoxy groups -OCH3 is 2. The maximum atomic E-state index is 5.32. The molecular formula is C25H23N5O3. The first-order valence-electron chi connectivity index (χ1n) is 10.4. The van der Waals surface area contributed by atoms with Crippen molar-refractivity contribution < 1.29 is 14.0 Å². The molecule has 0 spiro atoms. The Balaban J connectivity index is 1.59. The van der Waals surface area contributed by atoms with Crippen molar-refractivity contribution in [3.05, 3.63) is 72.4 Å². The van der Waals surface area contributed by atoms with E-state index in [9.17, 15) is 0 Å². The van der Waals surface area contributed by atoms with Crippen LogP contribution in [0.2, 0.25) is 0 Å². The maximum absolute atomic E-state index is 5.32. The van der Waals surface area contributed by atoms with Crippen molar-refractivity contribution in [3.8, 4) is 34.0 Å². The van der Waals surface area contributed by atoms with E-state index in [-0.39, 0.29) is 0 Å². The lowest BCUT2D eigenvalue weighted by molar-refractivity contribution is 0.393. The van der Waals surface area contributed by atoms with E-state index in [1.807, 2.05) is 54.6 Å².